The number of hydrogen-bond donors (Lipinski definition) is 0. The van der Waals surface area contributed by atoms with Gasteiger partial charge >= 0.3 is 0 Å². The first-order chi connectivity index (χ1) is 6.66. The molecule has 1 aromatic carbocycles. The third-order valence-corrected chi connectivity index (χ3v) is 2.32. The molecular weight excluding hydrogens is 176 g/mol. The Bertz CT molecular complexity index is 327. The monoisotopic (exact) mass is 190 g/mol. The molecule has 2 nitrogen and oxygen atoms in total. The highest BCUT2D eigenvalue weighted by Gasteiger charge is 2.20. The lowest BCUT2D eigenvalue weighted by Gasteiger charge is -2.05. The van der Waals surface area contributed by atoms with Gasteiger partial charge in [0.1, 0.15) is 0 Å². The van der Waals surface area contributed by atoms with Gasteiger partial charge in [0.15, 0.2) is 0 Å². The van der Waals surface area contributed by atoms with Crippen LogP contribution in [0.2, 0.25) is 0 Å². The summed E-state index contributed by atoms with van der Waals surface area (Å²) in [5.74, 6) is -0.846. The van der Waals surface area contributed by atoms with Gasteiger partial charge in [-0.25, -0.2) is 0 Å². The maximum atomic E-state index is 11.6. The third kappa shape index (κ3) is 2.28. The summed E-state index contributed by atoms with van der Waals surface area (Å²) in [7, 11) is 0. The molecule has 0 heterocycles. The average Bonchev–Trinajstić information content (AvgIpc) is 2.27. The van der Waals surface area contributed by atoms with Crippen molar-refractivity contribution in [3.05, 3.63) is 35.9 Å². The van der Waals surface area contributed by atoms with Crippen molar-refractivity contribution in [1.29, 1.82) is 0 Å². The number of hydrogen-bond acceptors (Lipinski definition) is 2. The van der Waals surface area contributed by atoms with Crippen LogP contribution in [-0.2, 0) is 4.79 Å². The molecule has 0 N–H and O–H groups in total. The quantitative estimate of drug-likeness (QED) is 0.540. The summed E-state index contributed by atoms with van der Waals surface area (Å²) < 4.78 is 0. The Labute approximate surface area is 83.9 Å². The zero-order chi connectivity index (χ0) is 10.6. The highest BCUT2D eigenvalue weighted by Crippen LogP contribution is 2.08. The molecule has 1 atom stereocenters. The van der Waals surface area contributed by atoms with E-state index >= 15 is 0 Å². The molecule has 0 radical (unpaired) electrons. The minimum Gasteiger partial charge on any atom is -0.290 e. The molecule has 74 valence electrons. The molecule has 0 bridgehead atoms. The van der Waals surface area contributed by atoms with E-state index in [4.69, 9.17) is 0 Å². The minimum absolute atomic E-state index is 0.178. The molecule has 2 heteroatoms. The summed E-state index contributed by atoms with van der Waals surface area (Å²) in [5, 5.41) is 0. The average molecular weight is 190 g/mol. The molecule has 1 aromatic rings. The molecule has 1 rings (SSSR count). The summed E-state index contributed by atoms with van der Waals surface area (Å²) in [6, 6.07) is 8.68. The van der Waals surface area contributed by atoms with Crippen molar-refractivity contribution in [3.8, 4) is 0 Å². The number of carbonyl (C=O) groups excluding carboxylic acids is 2. The Balaban J connectivity index is 2.82. The maximum absolute atomic E-state index is 11.6. The van der Waals surface area contributed by atoms with Crippen LogP contribution in [0.15, 0.2) is 30.3 Å². The molecule has 0 aliphatic carbocycles. The third-order valence-electron chi connectivity index (χ3n) is 2.32. The van der Waals surface area contributed by atoms with Gasteiger partial charge in [-0.3, -0.25) is 9.59 Å². The Morgan fingerprint density at radius 3 is 2.29 bits per heavy atom. The minimum atomic E-state index is -0.375. The molecule has 0 spiro atoms. The summed E-state index contributed by atoms with van der Waals surface area (Å²) in [6.07, 6.45) is 0.706. The van der Waals surface area contributed by atoms with E-state index in [1.165, 1.54) is 0 Å². The van der Waals surface area contributed by atoms with Gasteiger partial charge in [-0.1, -0.05) is 44.2 Å². The normalized spacial score (nSPS) is 12.1. The number of rotatable bonds is 4. The van der Waals surface area contributed by atoms with Crippen LogP contribution in [0.4, 0.5) is 0 Å². The number of benzene rings is 1. The maximum Gasteiger partial charge on any atom is 0.228 e. The zero-order valence-corrected chi connectivity index (χ0v) is 8.49. The highest BCUT2D eigenvalue weighted by molar-refractivity contribution is 6.44. The Hall–Kier alpha value is -1.44. The van der Waals surface area contributed by atoms with Crippen molar-refractivity contribution in [1.82, 2.24) is 0 Å². The van der Waals surface area contributed by atoms with Gasteiger partial charge in [0.25, 0.3) is 0 Å². The topological polar surface area (TPSA) is 34.1 Å². The van der Waals surface area contributed by atoms with Crippen LogP contribution >= 0.6 is 0 Å². The van der Waals surface area contributed by atoms with E-state index in [0.29, 0.717) is 12.0 Å². The largest absolute Gasteiger partial charge is 0.290 e. The molecule has 0 aliphatic heterocycles. The fourth-order valence-corrected chi connectivity index (χ4v) is 1.14. The van der Waals surface area contributed by atoms with Gasteiger partial charge in [-0.2, -0.15) is 0 Å². The summed E-state index contributed by atoms with van der Waals surface area (Å²) in [6.45, 7) is 3.68. The molecule has 14 heavy (non-hydrogen) atoms. The van der Waals surface area contributed by atoms with Crippen LogP contribution in [0.1, 0.15) is 30.6 Å². The standard InChI is InChI=1S/C12H14O2/c1-3-9(2)11(13)12(14)10-7-5-4-6-8-10/h4-9H,3H2,1-2H3. The first kappa shape index (κ1) is 10.6. The van der Waals surface area contributed by atoms with E-state index in [1.807, 2.05) is 13.0 Å². The fraction of sp³-hybridized carbons (Fsp3) is 0.333. The zero-order valence-electron chi connectivity index (χ0n) is 8.49. The van der Waals surface area contributed by atoms with Crippen molar-refractivity contribution < 1.29 is 9.59 Å². The molecule has 0 saturated carbocycles. The van der Waals surface area contributed by atoms with E-state index in [2.05, 4.69) is 0 Å². The summed E-state index contributed by atoms with van der Waals surface area (Å²) >= 11 is 0. The Morgan fingerprint density at radius 1 is 1.21 bits per heavy atom. The molecule has 0 amide bonds. The lowest BCUT2D eigenvalue weighted by atomic mass is 9.96. The predicted molar refractivity (Wildman–Crippen MR) is 55.2 cm³/mol. The van der Waals surface area contributed by atoms with Gasteiger partial charge in [0.05, 0.1) is 0 Å². The van der Waals surface area contributed by atoms with E-state index < -0.39 is 0 Å². The number of ketones is 2. The van der Waals surface area contributed by atoms with Gasteiger partial charge in [-0.05, 0) is 6.42 Å². The highest BCUT2D eigenvalue weighted by atomic mass is 16.2. The molecule has 0 saturated heterocycles. The second kappa shape index (κ2) is 4.70. The van der Waals surface area contributed by atoms with Gasteiger partial charge in [-0.15, -0.1) is 0 Å². The Morgan fingerprint density at radius 2 is 1.79 bits per heavy atom. The SMILES string of the molecule is CCC(C)C(=O)C(=O)c1ccccc1. The van der Waals surface area contributed by atoms with Crippen LogP contribution in [0.3, 0.4) is 0 Å². The predicted octanol–water partition coefficient (Wildman–Crippen LogP) is 2.48. The number of Topliss-reactive ketones (excluding diaryl/α,β-unsaturated/α-hetero) is 2. The molecule has 0 aliphatic rings. The molecular formula is C12H14O2. The first-order valence-electron chi connectivity index (χ1n) is 4.80. The van der Waals surface area contributed by atoms with Crippen molar-refractivity contribution in [2.24, 2.45) is 5.92 Å². The van der Waals surface area contributed by atoms with Crippen LogP contribution in [-0.4, -0.2) is 11.6 Å². The molecule has 0 aromatic heterocycles. The number of carbonyl (C=O) groups is 2. The van der Waals surface area contributed by atoms with Gasteiger partial charge in [0, 0.05) is 11.5 Å². The summed E-state index contributed by atoms with van der Waals surface area (Å²) in [5.41, 5.74) is 0.484. The Kier molecular flexibility index (Phi) is 3.57. The molecule has 0 fully saturated rings. The van der Waals surface area contributed by atoms with E-state index in [9.17, 15) is 9.59 Å². The smallest absolute Gasteiger partial charge is 0.228 e. The van der Waals surface area contributed by atoms with Crippen molar-refractivity contribution >= 4 is 11.6 Å². The van der Waals surface area contributed by atoms with Crippen molar-refractivity contribution in [3.63, 3.8) is 0 Å². The van der Waals surface area contributed by atoms with Gasteiger partial charge in [0.2, 0.25) is 11.6 Å². The lowest BCUT2D eigenvalue weighted by molar-refractivity contribution is -0.118. The molecule has 1 unspecified atom stereocenters. The lowest BCUT2D eigenvalue weighted by Crippen LogP contribution is -2.21. The fourth-order valence-electron chi connectivity index (χ4n) is 1.14. The van der Waals surface area contributed by atoms with Crippen LogP contribution in [0.25, 0.3) is 0 Å². The second-order valence-corrected chi connectivity index (χ2v) is 3.37. The first-order valence-corrected chi connectivity index (χ1v) is 4.80. The van der Waals surface area contributed by atoms with Crippen LogP contribution < -0.4 is 0 Å². The van der Waals surface area contributed by atoms with Crippen LogP contribution in [0.5, 0.6) is 0 Å². The second-order valence-electron chi connectivity index (χ2n) is 3.37. The van der Waals surface area contributed by atoms with Crippen LogP contribution in [0, 0.1) is 5.92 Å². The summed E-state index contributed by atoms with van der Waals surface area (Å²) in [4.78, 5) is 23.1. The van der Waals surface area contributed by atoms with E-state index in [1.54, 1.807) is 31.2 Å². The van der Waals surface area contributed by atoms with Crippen molar-refractivity contribution in [2.75, 3.05) is 0 Å². The van der Waals surface area contributed by atoms with E-state index in [0.717, 1.165) is 0 Å². The van der Waals surface area contributed by atoms with E-state index in [-0.39, 0.29) is 17.5 Å². The van der Waals surface area contributed by atoms with Gasteiger partial charge < -0.3 is 0 Å². The van der Waals surface area contributed by atoms with Crippen molar-refractivity contribution in [2.45, 2.75) is 20.3 Å².